The highest BCUT2D eigenvalue weighted by Gasteiger charge is 2.33. The molecule has 0 bridgehead atoms. The van der Waals surface area contributed by atoms with Crippen molar-refractivity contribution in [2.75, 3.05) is 32.5 Å². The minimum atomic E-state index is -4.19. The number of anilines is 1. The molecule has 7 nitrogen and oxygen atoms in total. The second kappa shape index (κ2) is 9.74. The summed E-state index contributed by atoms with van der Waals surface area (Å²) in [5.41, 5.74) is 1.40. The second-order valence-electron chi connectivity index (χ2n) is 7.90. The molecule has 0 saturated carbocycles. The Bertz CT molecular complexity index is 1100. The number of nitrogens with one attached hydrogen (secondary N) is 1. The van der Waals surface area contributed by atoms with Crippen LogP contribution in [-0.4, -0.2) is 56.6 Å². The third-order valence-corrected chi connectivity index (χ3v) is 7.33. The summed E-state index contributed by atoms with van der Waals surface area (Å²) >= 11 is 0. The Morgan fingerprint density at radius 3 is 2.28 bits per heavy atom. The minimum Gasteiger partial charge on any atom is -0.349 e. The third kappa shape index (κ3) is 5.49. The van der Waals surface area contributed by atoms with Gasteiger partial charge in [-0.2, -0.15) is 4.31 Å². The lowest BCUT2D eigenvalue weighted by Crippen LogP contribution is -2.41. The van der Waals surface area contributed by atoms with E-state index in [2.05, 4.69) is 5.32 Å². The van der Waals surface area contributed by atoms with Gasteiger partial charge in [-0.05, 0) is 48.7 Å². The molecule has 3 rings (SSSR count). The number of benzene rings is 2. The first-order chi connectivity index (χ1) is 15.1. The minimum absolute atomic E-state index is 0.0263. The Hall–Kier alpha value is -2.85. The quantitative estimate of drug-likeness (QED) is 0.711. The number of amides is 2. The first-order valence-electron chi connectivity index (χ1n) is 10.1. The van der Waals surface area contributed by atoms with Gasteiger partial charge in [0.1, 0.15) is 16.5 Å². The normalized spacial score (nSPS) is 15.4. The molecule has 0 spiro atoms. The number of rotatable bonds is 6. The van der Waals surface area contributed by atoms with E-state index < -0.39 is 32.5 Å². The molecule has 2 aromatic carbocycles. The fourth-order valence-corrected chi connectivity index (χ4v) is 5.00. The van der Waals surface area contributed by atoms with E-state index in [-0.39, 0.29) is 44.2 Å². The van der Waals surface area contributed by atoms with Crippen LogP contribution in [0.3, 0.4) is 0 Å². The summed E-state index contributed by atoms with van der Waals surface area (Å²) in [6, 6.07) is 9.26. The van der Waals surface area contributed by atoms with Gasteiger partial charge in [-0.1, -0.05) is 12.1 Å². The zero-order valence-corrected chi connectivity index (χ0v) is 18.7. The van der Waals surface area contributed by atoms with Crippen LogP contribution >= 0.6 is 0 Å². The molecule has 32 heavy (non-hydrogen) atoms. The Morgan fingerprint density at radius 1 is 1.06 bits per heavy atom. The van der Waals surface area contributed by atoms with E-state index in [1.54, 1.807) is 38.4 Å². The van der Waals surface area contributed by atoms with Crippen molar-refractivity contribution in [3.05, 3.63) is 59.7 Å². The highest BCUT2D eigenvalue weighted by atomic mass is 32.2. The highest BCUT2D eigenvalue weighted by Crippen LogP contribution is 2.26. The van der Waals surface area contributed by atoms with Crippen LogP contribution < -0.4 is 5.32 Å². The van der Waals surface area contributed by atoms with E-state index in [0.717, 1.165) is 22.0 Å². The lowest BCUT2D eigenvalue weighted by Gasteiger charge is -2.30. The van der Waals surface area contributed by atoms with Gasteiger partial charge in [0.15, 0.2) is 0 Å². The fourth-order valence-electron chi connectivity index (χ4n) is 3.46. The molecule has 172 valence electrons. The van der Waals surface area contributed by atoms with Gasteiger partial charge in [0.2, 0.25) is 21.8 Å². The summed E-state index contributed by atoms with van der Waals surface area (Å²) in [6.45, 7) is 0.0594. The summed E-state index contributed by atoms with van der Waals surface area (Å²) in [7, 11) is -0.823. The average Bonchev–Trinajstić information content (AvgIpc) is 2.76. The molecule has 0 atom stereocenters. The SMILES string of the molecule is CN(C)C(=O)Cc1ccc(NC(=O)C2CCN(S(=O)(=O)c3cc(F)ccc3F)CC2)cc1. The predicted molar refractivity (Wildman–Crippen MR) is 115 cm³/mol. The average molecular weight is 466 g/mol. The molecule has 0 radical (unpaired) electrons. The predicted octanol–water partition coefficient (Wildman–Crippen LogP) is 2.63. The lowest BCUT2D eigenvalue weighted by molar-refractivity contribution is -0.128. The maximum atomic E-state index is 13.9. The number of carbonyl (C=O) groups is 2. The van der Waals surface area contributed by atoms with Crippen molar-refractivity contribution in [3.8, 4) is 0 Å². The molecule has 1 saturated heterocycles. The molecule has 1 heterocycles. The number of carbonyl (C=O) groups excluding carboxylic acids is 2. The summed E-state index contributed by atoms with van der Waals surface area (Å²) in [5.74, 6) is -2.52. The molecule has 2 amide bonds. The first kappa shape index (κ1) is 23.8. The zero-order valence-electron chi connectivity index (χ0n) is 17.8. The fraction of sp³-hybridized carbons (Fsp3) is 0.364. The molecular formula is C22H25F2N3O4S. The Morgan fingerprint density at radius 2 is 1.69 bits per heavy atom. The number of hydrogen-bond acceptors (Lipinski definition) is 4. The number of nitrogens with zero attached hydrogens (tertiary/aromatic N) is 2. The van der Waals surface area contributed by atoms with Crippen LogP contribution in [0.4, 0.5) is 14.5 Å². The standard InChI is InChI=1S/C22H25F2N3O4S/c1-26(2)21(28)13-15-3-6-18(7-4-15)25-22(29)16-9-11-27(12-10-16)32(30,31)20-14-17(23)5-8-19(20)24/h3-8,14,16H,9-13H2,1-2H3,(H,25,29). The zero-order chi connectivity index (χ0) is 23.5. The molecule has 1 aliphatic heterocycles. The van der Waals surface area contributed by atoms with Gasteiger partial charge in [-0.3, -0.25) is 9.59 Å². The van der Waals surface area contributed by atoms with Crippen molar-refractivity contribution >= 4 is 27.5 Å². The van der Waals surface area contributed by atoms with Gasteiger partial charge in [0.25, 0.3) is 0 Å². The Balaban J connectivity index is 1.57. The number of likely N-dealkylation sites (N-methyl/N-ethyl adjacent to an activating group) is 1. The van der Waals surface area contributed by atoms with Crippen LogP contribution in [-0.2, 0) is 26.0 Å². The van der Waals surface area contributed by atoms with Crippen LogP contribution in [0.15, 0.2) is 47.4 Å². The van der Waals surface area contributed by atoms with E-state index in [1.807, 2.05) is 0 Å². The van der Waals surface area contributed by atoms with Gasteiger partial charge in [0.05, 0.1) is 6.42 Å². The monoisotopic (exact) mass is 465 g/mol. The van der Waals surface area contributed by atoms with Crippen LogP contribution in [0.1, 0.15) is 18.4 Å². The maximum absolute atomic E-state index is 13.9. The molecule has 1 aliphatic rings. The topological polar surface area (TPSA) is 86.8 Å². The van der Waals surface area contributed by atoms with Gasteiger partial charge in [-0.15, -0.1) is 0 Å². The Kier molecular flexibility index (Phi) is 7.25. The van der Waals surface area contributed by atoms with Gasteiger partial charge in [0, 0.05) is 38.8 Å². The van der Waals surface area contributed by atoms with Crippen molar-refractivity contribution in [3.63, 3.8) is 0 Å². The summed E-state index contributed by atoms with van der Waals surface area (Å²) < 4.78 is 53.8. The molecule has 0 aliphatic carbocycles. The van der Waals surface area contributed by atoms with E-state index in [9.17, 15) is 26.8 Å². The van der Waals surface area contributed by atoms with Crippen molar-refractivity contribution in [2.45, 2.75) is 24.2 Å². The summed E-state index contributed by atoms with van der Waals surface area (Å²) in [4.78, 5) is 25.2. The molecule has 1 fully saturated rings. The van der Waals surface area contributed by atoms with E-state index in [1.165, 1.54) is 4.90 Å². The number of halogens is 2. The van der Waals surface area contributed by atoms with Gasteiger partial charge >= 0.3 is 0 Å². The molecule has 2 aromatic rings. The third-order valence-electron chi connectivity index (χ3n) is 5.41. The van der Waals surface area contributed by atoms with E-state index in [4.69, 9.17) is 0 Å². The Labute approximate surface area is 186 Å². The van der Waals surface area contributed by atoms with Gasteiger partial charge in [-0.25, -0.2) is 17.2 Å². The van der Waals surface area contributed by atoms with E-state index in [0.29, 0.717) is 11.8 Å². The molecular weight excluding hydrogens is 440 g/mol. The molecule has 0 aromatic heterocycles. The van der Waals surface area contributed by atoms with Gasteiger partial charge < -0.3 is 10.2 Å². The van der Waals surface area contributed by atoms with Crippen LogP contribution in [0.25, 0.3) is 0 Å². The number of hydrogen-bond donors (Lipinski definition) is 1. The number of piperidine rings is 1. The lowest BCUT2D eigenvalue weighted by atomic mass is 9.97. The number of sulfonamides is 1. The van der Waals surface area contributed by atoms with Crippen LogP contribution in [0, 0.1) is 17.6 Å². The van der Waals surface area contributed by atoms with Crippen molar-refractivity contribution in [1.82, 2.24) is 9.21 Å². The van der Waals surface area contributed by atoms with Crippen molar-refractivity contribution in [1.29, 1.82) is 0 Å². The largest absolute Gasteiger partial charge is 0.349 e. The van der Waals surface area contributed by atoms with Crippen LogP contribution in [0.2, 0.25) is 0 Å². The molecule has 10 heteroatoms. The molecule has 0 unspecified atom stereocenters. The summed E-state index contributed by atoms with van der Waals surface area (Å²) in [5, 5.41) is 2.80. The van der Waals surface area contributed by atoms with Crippen molar-refractivity contribution < 1.29 is 26.8 Å². The summed E-state index contributed by atoms with van der Waals surface area (Å²) in [6.07, 6.45) is 0.787. The smallest absolute Gasteiger partial charge is 0.246 e. The highest BCUT2D eigenvalue weighted by molar-refractivity contribution is 7.89. The maximum Gasteiger partial charge on any atom is 0.246 e. The van der Waals surface area contributed by atoms with Crippen LogP contribution in [0.5, 0.6) is 0 Å². The first-order valence-corrected chi connectivity index (χ1v) is 11.6. The van der Waals surface area contributed by atoms with E-state index >= 15 is 0 Å². The molecule has 1 N–H and O–H groups in total. The second-order valence-corrected chi connectivity index (χ2v) is 9.81. The van der Waals surface area contributed by atoms with Crippen molar-refractivity contribution in [2.24, 2.45) is 5.92 Å².